The minimum Gasteiger partial charge on any atom is -0.347 e. The van der Waals surface area contributed by atoms with Crippen LogP contribution in [0.15, 0.2) is 54.6 Å². The summed E-state index contributed by atoms with van der Waals surface area (Å²) in [4.78, 5) is 12.0. The van der Waals surface area contributed by atoms with Crippen LogP contribution in [0.2, 0.25) is 0 Å². The summed E-state index contributed by atoms with van der Waals surface area (Å²) >= 11 is 5.92. The Morgan fingerprint density at radius 1 is 1.14 bits per heavy atom. The molecule has 1 N–H and O–H groups in total. The summed E-state index contributed by atoms with van der Waals surface area (Å²) < 4.78 is 0. The normalized spacial score (nSPS) is 21.6. The molecule has 1 aliphatic rings. The zero-order chi connectivity index (χ0) is 14.8. The van der Waals surface area contributed by atoms with Gasteiger partial charge in [-0.25, -0.2) is 0 Å². The Balaban J connectivity index is 1.95. The number of carbonyl (C=O) groups excluding carboxylic acids is 1. The molecule has 2 nitrogen and oxygen atoms in total. The molecular formula is C18H18ClNO. The smallest absolute Gasteiger partial charge is 0.238 e. The standard InChI is InChI=1S/C18H18ClNO/c1-12(19)18(21)20-17-15-10-6-5-9-14(15)11-16(17)13-7-3-2-4-8-13/h2-10,12,16-17H,11H2,1H3,(H,20,21). The summed E-state index contributed by atoms with van der Waals surface area (Å²) in [6, 6.07) is 18.7. The minimum absolute atomic E-state index is 0.00250. The molecule has 108 valence electrons. The topological polar surface area (TPSA) is 29.1 Å². The number of amides is 1. The molecule has 0 aromatic heterocycles. The lowest BCUT2D eigenvalue weighted by Gasteiger charge is -2.23. The van der Waals surface area contributed by atoms with Gasteiger partial charge in [-0.05, 0) is 30.0 Å². The molecule has 0 radical (unpaired) electrons. The Morgan fingerprint density at radius 2 is 1.81 bits per heavy atom. The lowest BCUT2D eigenvalue weighted by molar-refractivity contribution is -0.121. The molecule has 21 heavy (non-hydrogen) atoms. The third-order valence-electron chi connectivity index (χ3n) is 4.12. The first-order valence-corrected chi connectivity index (χ1v) is 7.67. The van der Waals surface area contributed by atoms with Crippen molar-refractivity contribution in [1.29, 1.82) is 0 Å². The van der Waals surface area contributed by atoms with Crippen molar-refractivity contribution in [2.24, 2.45) is 0 Å². The van der Waals surface area contributed by atoms with E-state index in [0.29, 0.717) is 0 Å². The second kappa shape index (κ2) is 5.90. The van der Waals surface area contributed by atoms with Crippen LogP contribution < -0.4 is 5.32 Å². The highest BCUT2D eigenvalue weighted by Crippen LogP contribution is 2.42. The fraction of sp³-hybridized carbons (Fsp3) is 0.278. The number of hydrogen-bond donors (Lipinski definition) is 1. The number of alkyl halides is 1. The molecule has 1 aliphatic carbocycles. The summed E-state index contributed by atoms with van der Waals surface area (Å²) in [5.74, 6) is 0.155. The molecule has 0 bridgehead atoms. The Labute approximate surface area is 130 Å². The molecule has 3 atom stereocenters. The zero-order valence-electron chi connectivity index (χ0n) is 11.9. The summed E-state index contributed by atoms with van der Waals surface area (Å²) in [5.41, 5.74) is 3.76. The fourth-order valence-corrected chi connectivity index (χ4v) is 3.11. The van der Waals surface area contributed by atoms with E-state index < -0.39 is 5.38 Å². The summed E-state index contributed by atoms with van der Waals surface area (Å²) in [7, 11) is 0. The molecule has 3 heteroatoms. The van der Waals surface area contributed by atoms with Gasteiger partial charge >= 0.3 is 0 Å². The quantitative estimate of drug-likeness (QED) is 0.858. The molecular weight excluding hydrogens is 282 g/mol. The minimum atomic E-state index is -0.519. The lowest BCUT2D eigenvalue weighted by atomic mass is 9.92. The van der Waals surface area contributed by atoms with Crippen molar-refractivity contribution in [2.75, 3.05) is 0 Å². The predicted molar refractivity (Wildman–Crippen MR) is 85.5 cm³/mol. The Morgan fingerprint density at radius 3 is 2.52 bits per heavy atom. The zero-order valence-corrected chi connectivity index (χ0v) is 12.7. The van der Waals surface area contributed by atoms with Gasteiger partial charge in [-0.1, -0.05) is 54.6 Å². The molecule has 0 saturated heterocycles. The van der Waals surface area contributed by atoms with Crippen LogP contribution in [0.4, 0.5) is 0 Å². The van der Waals surface area contributed by atoms with Crippen LogP contribution in [0.5, 0.6) is 0 Å². The molecule has 0 fully saturated rings. The average molecular weight is 300 g/mol. The highest BCUT2D eigenvalue weighted by molar-refractivity contribution is 6.30. The summed E-state index contributed by atoms with van der Waals surface area (Å²) in [6.45, 7) is 1.70. The number of nitrogens with one attached hydrogen (secondary N) is 1. The van der Waals surface area contributed by atoms with Gasteiger partial charge in [0.05, 0.1) is 6.04 Å². The number of benzene rings is 2. The van der Waals surface area contributed by atoms with Gasteiger partial charge < -0.3 is 5.32 Å². The average Bonchev–Trinajstić information content (AvgIpc) is 2.87. The van der Waals surface area contributed by atoms with Crippen LogP contribution in [-0.4, -0.2) is 11.3 Å². The van der Waals surface area contributed by atoms with Gasteiger partial charge in [0.1, 0.15) is 5.38 Å². The predicted octanol–water partition coefficient (Wildman–Crippen LogP) is 3.81. The maximum atomic E-state index is 12.0. The van der Waals surface area contributed by atoms with E-state index in [4.69, 9.17) is 11.6 Å². The Bertz CT molecular complexity index is 639. The van der Waals surface area contributed by atoms with Crippen molar-refractivity contribution in [3.8, 4) is 0 Å². The van der Waals surface area contributed by atoms with E-state index in [0.717, 1.165) is 6.42 Å². The van der Waals surface area contributed by atoms with Gasteiger partial charge in [-0.15, -0.1) is 11.6 Å². The molecule has 0 aliphatic heterocycles. The van der Waals surface area contributed by atoms with E-state index in [1.165, 1.54) is 16.7 Å². The van der Waals surface area contributed by atoms with E-state index in [1.54, 1.807) is 6.92 Å². The van der Waals surface area contributed by atoms with Gasteiger partial charge in [-0.3, -0.25) is 4.79 Å². The van der Waals surface area contributed by atoms with Crippen molar-refractivity contribution in [3.63, 3.8) is 0 Å². The van der Waals surface area contributed by atoms with Crippen LogP contribution in [0.25, 0.3) is 0 Å². The van der Waals surface area contributed by atoms with Crippen LogP contribution in [0.1, 0.15) is 35.6 Å². The van der Waals surface area contributed by atoms with Gasteiger partial charge in [0, 0.05) is 5.92 Å². The first-order valence-electron chi connectivity index (χ1n) is 7.24. The first kappa shape index (κ1) is 14.2. The number of fused-ring (bicyclic) bond motifs is 1. The van der Waals surface area contributed by atoms with Crippen LogP contribution in [0.3, 0.4) is 0 Å². The maximum absolute atomic E-state index is 12.0. The van der Waals surface area contributed by atoms with Crippen LogP contribution in [-0.2, 0) is 11.2 Å². The molecule has 3 unspecified atom stereocenters. The molecule has 0 heterocycles. The largest absolute Gasteiger partial charge is 0.347 e. The van der Waals surface area contributed by atoms with E-state index in [-0.39, 0.29) is 17.9 Å². The number of halogens is 1. The van der Waals surface area contributed by atoms with Gasteiger partial charge in [0.2, 0.25) is 5.91 Å². The highest BCUT2D eigenvalue weighted by Gasteiger charge is 2.34. The highest BCUT2D eigenvalue weighted by atomic mass is 35.5. The van der Waals surface area contributed by atoms with Crippen LogP contribution >= 0.6 is 11.6 Å². The summed E-state index contributed by atoms with van der Waals surface area (Å²) in [6.07, 6.45) is 0.946. The molecule has 3 rings (SSSR count). The SMILES string of the molecule is CC(Cl)C(=O)NC1c2ccccc2CC1c1ccccc1. The third-order valence-corrected chi connectivity index (χ3v) is 4.32. The molecule has 2 aromatic carbocycles. The molecule has 2 aromatic rings. The summed E-state index contributed by atoms with van der Waals surface area (Å²) in [5, 5.41) is 2.59. The van der Waals surface area contributed by atoms with Gasteiger partial charge in [-0.2, -0.15) is 0 Å². The second-order valence-electron chi connectivity index (χ2n) is 5.52. The van der Waals surface area contributed by atoms with E-state index in [2.05, 4.69) is 35.6 Å². The van der Waals surface area contributed by atoms with Crippen LogP contribution in [0, 0.1) is 0 Å². The monoisotopic (exact) mass is 299 g/mol. The first-order chi connectivity index (χ1) is 10.2. The number of carbonyl (C=O) groups is 1. The number of hydrogen-bond acceptors (Lipinski definition) is 1. The van der Waals surface area contributed by atoms with E-state index in [1.807, 2.05) is 24.3 Å². The van der Waals surface area contributed by atoms with Crippen molar-refractivity contribution in [2.45, 2.75) is 30.7 Å². The van der Waals surface area contributed by atoms with E-state index in [9.17, 15) is 4.79 Å². The fourth-order valence-electron chi connectivity index (χ4n) is 3.05. The molecule has 0 saturated carbocycles. The second-order valence-corrected chi connectivity index (χ2v) is 6.18. The molecule has 0 spiro atoms. The van der Waals surface area contributed by atoms with Crippen molar-refractivity contribution >= 4 is 17.5 Å². The maximum Gasteiger partial charge on any atom is 0.238 e. The Kier molecular flexibility index (Phi) is 3.98. The van der Waals surface area contributed by atoms with Crippen molar-refractivity contribution < 1.29 is 4.79 Å². The van der Waals surface area contributed by atoms with Crippen molar-refractivity contribution in [3.05, 3.63) is 71.3 Å². The van der Waals surface area contributed by atoms with E-state index >= 15 is 0 Å². The van der Waals surface area contributed by atoms with Gasteiger partial charge in [0.15, 0.2) is 0 Å². The number of rotatable bonds is 3. The van der Waals surface area contributed by atoms with Gasteiger partial charge in [0.25, 0.3) is 0 Å². The van der Waals surface area contributed by atoms with Crippen molar-refractivity contribution in [1.82, 2.24) is 5.32 Å². The lowest BCUT2D eigenvalue weighted by Crippen LogP contribution is -2.34. The molecule has 1 amide bonds. The third kappa shape index (κ3) is 2.81. The Hall–Kier alpha value is -1.80.